The van der Waals surface area contributed by atoms with Crippen LogP contribution in [0, 0.1) is 34.1 Å². The Labute approximate surface area is 544 Å². The van der Waals surface area contributed by atoms with Crippen LogP contribution in [0.1, 0.15) is 261 Å². The molecular weight excluding hydrogens is 1130 g/mol. The standard InChI is InChI=1S/C80H113N6Si3/c1-9-15-21-31-55-88(56-32-22-16-10-2,57-33-23-17-11-3)67-41-37-39-64(61-67)78-74-48-45-71(83-74)69(43-27-29-52-81)72-46-49-76(84-72)79(77-63-66(51-54-87(7)8)80(86-77)70(44-28-30-53-82)73-47-50-75(78)85-73)65-40-38-42-68(62-65)89(58-34-24-18-12-4,59-35-25-19-13-5)60-36-26-20-14-6/h37-42,45-50,61-63,84,86H,9-36,43-44,55-60H2,1-8H3. The maximum absolute atomic E-state index is 10.1. The fraction of sp³-hybridized carbons (Fsp3) is 0.550. The molecule has 89 heavy (non-hydrogen) atoms. The van der Waals surface area contributed by atoms with Gasteiger partial charge in [0.25, 0.3) is 0 Å². The lowest BCUT2D eigenvalue weighted by atomic mass is 10.0. The van der Waals surface area contributed by atoms with Crippen molar-refractivity contribution in [3.05, 3.63) is 106 Å². The number of fused-ring (bicyclic) bond motifs is 8. The van der Waals surface area contributed by atoms with Gasteiger partial charge in [-0.3, -0.25) is 0 Å². The zero-order valence-corrected chi connectivity index (χ0v) is 59.9. The van der Waals surface area contributed by atoms with Gasteiger partial charge in [0.05, 0.1) is 56.6 Å². The number of hydrogen-bond donors (Lipinski definition) is 2. The molecule has 0 unspecified atom stereocenters. The van der Waals surface area contributed by atoms with Crippen LogP contribution >= 0.6 is 0 Å². The van der Waals surface area contributed by atoms with E-state index in [2.05, 4.69) is 179 Å². The lowest BCUT2D eigenvalue weighted by Gasteiger charge is -2.34. The molecule has 475 valence electrons. The zero-order chi connectivity index (χ0) is 63.1. The Morgan fingerprint density at radius 3 is 1.25 bits per heavy atom. The summed E-state index contributed by atoms with van der Waals surface area (Å²) >= 11 is 0. The van der Waals surface area contributed by atoms with Crippen molar-refractivity contribution in [2.24, 2.45) is 0 Å². The van der Waals surface area contributed by atoms with E-state index < -0.39 is 24.9 Å². The van der Waals surface area contributed by atoms with Gasteiger partial charge < -0.3 is 9.97 Å². The van der Waals surface area contributed by atoms with Crippen LogP contribution in [0.25, 0.3) is 68.6 Å². The molecule has 0 aliphatic carbocycles. The van der Waals surface area contributed by atoms with E-state index in [0.29, 0.717) is 32.1 Å². The number of benzene rings is 2. The fourth-order valence-electron chi connectivity index (χ4n) is 14.5. The van der Waals surface area contributed by atoms with Crippen LogP contribution in [0.4, 0.5) is 0 Å². The van der Waals surface area contributed by atoms with Crippen molar-refractivity contribution in [1.82, 2.24) is 19.9 Å². The van der Waals surface area contributed by atoms with Crippen LogP contribution in [-0.2, 0) is 12.8 Å². The molecule has 1 radical (unpaired) electrons. The molecule has 6 nitrogen and oxygen atoms in total. The first kappa shape index (κ1) is 70.7. The number of hydrogen-bond acceptors (Lipinski definition) is 4. The highest BCUT2D eigenvalue weighted by Crippen LogP contribution is 2.39. The van der Waals surface area contributed by atoms with Crippen molar-refractivity contribution in [3.63, 3.8) is 0 Å². The minimum atomic E-state index is -1.97. The fourth-order valence-corrected chi connectivity index (χ4v) is 25.5. The molecule has 0 atom stereocenters. The second kappa shape index (κ2) is 38.2. The van der Waals surface area contributed by atoms with Crippen LogP contribution in [0.15, 0.2) is 66.7 Å². The number of H-pyrrole nitrogens is 2. The number of nitrogens with one attached hydrogen (secondary N) is 2. The summed E-state index contributed by atoms with van der Waals surface area (Å²) in [6.45, 7) is 18.6. The number of aromatic nitrogens is 4. The smallest absolute Gasteiger partial charge is 0.138 e. The number of rotatable bonds is 40. The van der Waals surface area contributed by atoms with Gasteiger partial charge in [-0.1, -0.05) is 310 Å². The average Bonchev–Trinajstić information content (AvgIpc) is 2.62. The van der Waals surface area contributed by atoms with Crippen molar-refractivity contribution in [1.29, 1.82) is 10.5 Å². The number of aryl methyl sites for hydroxylation is 2. The Morgan fingerprint density at radius 2 is 0.820 bits per heavy atom. The first-order valence-electron chi connectivity index (χ1n) is 36.1. The average molecular weight is 1240 g/mol. The van der Waals surface area contributed by atoms with E-state index in [4.69, 9.17) is 9.97 Å². The van der Waals surface area contributed by atoms with Crippen LogP contribution in [0.3, 0.4) is 0 Å². The van der Waals surface area contributed by atoms with E-state index in [1.165, 1.54) is 201 Å². The Hall–Kier alpha value is -5.77. The molecule has 2 aromatic carbocycles. The molecule has 0 saturated carbocycles. The van der Waals surface area contributed by atoms with Crippen molar-refractivity contribution in [3.8, 4) is 45.9 Å². The largest absolute Gasteiger partial charge is 0.355 e. The molecule has 0 fully saturated rings. The third-order valence-corrected chi connectivity index (χ3v) is 31.1. The first-order valence-corrected chi connectivity index (χ1v) is 43.8. The molecule has 0 amide bonds. The number of nitriles is 2. The highest BCUT2D eigenvalue weighted by atomic mass is 28.3. The molecule has 5 aromatic rings. The van der Waals surface area contributed by atoms with Gasteiger partial charge >= 0.3 is 0 Å². The minimum Gasteiger partial charge on any atom is -0.355 e. The molecule has 3 aromatic heterocycles. The second-order valence-corrected chi connectivity index (χ2v) is 38.3. The van der Waals surface area contributed by atoms with E-state index in [9.17, 15) is 10.5 Å². The first-order chi connectivity index (χ1) is 43.6. The third kappa shape index (κ3) is 20.1. The van der Waals surface area contributed by atoms with E-state index in [0.717, 1.165) is 79.1 Å². The van der Waals surface area contributed by atoms with Crippen LogP contribution < -0.4 is 10.4 Å². The van der Waals surface area contributed by atoms with Gasteiger partial charge in [0.15, 0.2) is 0 Å². The summed E-state index contributed by atoms with van der Waals surface area (Å²) in [5.41, 5.74) is 19.4. The predicted octanol–water partition coefficient (Wildman–Crippen LogP) is 23.1. The summed E-state index contributed by atoms with van der Waals surface area (Å²) in [6, 6.07) is 39.7. The van der Waals surface area contributed by atoms with Crippen molar-refractivity contribution in [2.45, 2.75) is 284 Å². The SMILES string of the molecule is CCCCCC[Si](CCCCCC)(CCCCCC)c1cccc(-c2c3nc(c(CCCC#N)c4ccc([nH]4)c(-c4cccc([Si](CCCCCC)(CCCCCC)CCCCCC)c4)c4cc(C#C[Si](C)C)c([nH]4)c(CCCC#N)c4nc2C=C4)C=C3)c1. The van der Waals surface area contributed by atoms with Gasteiger partial charge in [0.2, 0.25) is 0 Å². The van der Waals surface area contributed by atoms with Gasteiger partial charge in [-0.2, -0.15) is 10.5 Å². The van der Waals surface area contributed by atoms with E-state index >= 15 is 0 Å². The van der Waals surface area contributed by atoms with E-state index in [1.807, 2.05) is 0 Å². The topological polar surface area (TPSA) is 105 Å². The van der Waals surface area contributed by atoms with Crippen LogP contribution in [-0.4, -0.2) is 44.9 Å². The lowest BCUT2D eigenvalue weighted by molar-refractivity contribution is 0.668. The zero-order valence-electron chi connectivity index (χ0n) is 56.9. The quantitative estimate of drug-likeness (QED) is 0.0227. The monoisotopic (exact) mass is 1240 g/mol. The maximum atomic E-state index is 10.1. The van der Waals surface area contributed by atoms with Crippen molar-refractivity contribution < 1.29 is 0 Å². The molecule has 8 bridgehead atoms. The van der Waals surface area contributed by atoms with Gasteiger partial charge in [0, 0.05) is 57.2 Å². The summed E-state index contributed by atoms with van der Waals surface area (Å²) in [4.78, 5) is 19.8. The van der Waals surface area contributed by atoms with Crippen molar-refractivity contribution in [2.75, 3.05) is 0 Å². The lowest BCUT2D eigenvalue weighted by Crippen LogP contribution is -2.47. The molecule has 5 heterocycles. The molecule has 9 heteroatoms. The normalized spacial score (nSPS) is 12.2. The Bertz CT molecular complexity index is 3320. The van der Waals surface area contributed by atoms with E-state index in [-0.39, 0.29) is 0 Å². The van der Waals surface area contributed by atoms with Gasteiger partial charge in [-0.15, -0.1) is 5.54 Å². The summed E-state index contributed by atoms with van der Waals surface area (Å²) < 4.78 is 0. The summed E-state index contributed by atoms with van der Waals surface area (Å²) in [5.74, 6) is 3.77. The van der Waals surface area contributed by atoms with E-state index in [1.54, 1.807) is 10.4 Å². The molecule has 0 saturated heterocycles. The Balaban J connectivity index is 1.58. The molecule has 7 rings (SSSR count). The molecule has 2 N–H and O–H groups in total. The van der Waals surface area contributed by atoms with Gasteiger partial charge in [0.1, 0.15) is 8.80 Å². The summed E-state index contributed by atoms with van der Waals surface area (Å²) in [6.07, 6.45) is 43.9. The Kier molecular flexibility index (Phi) is 30.3. The molecular formula is C80H113N6Si3. The Morgan fingerprint density at radius 1 is 0.416 bits per heavy atom. The maximum Gasteiger partial charge on any atom is 0.138 e. The summed E-state index contributed by atoms with van der Waals surface area (Å²) in [7, 11) is -4.85. The highest BCUT2D eigenvalue weighted by molar-refractivity contribution is 6.92. The van der Waals surface area contributed by atoms with Crippen molar-refractivity contribution >= 4 is 81.7 Å². The molecule has 0 spiro atoms. The summed E-state index contributed by atoms with van der Waals surface area (Å²) in [5, 5.41) is 23.3. The number of unbranched alkanes of at least 4 members (excludes halogenated alkanes) is 20. The molecule has 2 aliphatic rings. The third-order valence-electron chi connectivity index (χ3n) is 19.5. The highest BCUT2D eigenvalue weighted by Gasteiger charge is 2.36. The van der Waals surface area contributed by atoms with Crippen LogP contribution in [0.2, 0.25) is 49.4 Å². The van der Waals surface area contributed by atoms with Gasteiger partial charge in [-0.25, -0.2) is 9.97 Å². The second-order valence-electron chi connectivity index (χ2n) is 26.8. The molecule has 2 aliphatic heterocycles. The number of aromatic amines is 2. The predicted molar refractivity (Wildman–Crippen MR) is 396 cm³/mol. The minimum absolute atomic E-state index is 0.456. The van der Waals surface area contributed by atoms with Gasteiger partial charge in [-0.05, 0) is 79.3 Å². The van der Waals surface area contributed by atoms with Crippen LogP contribution in [0.5, 0.6) is 0 Å². The number of nitrogens with zero attached hydrogens (tertiary/aromatic N) is 4.